The molecule has 0 saturated carbocycles. The minimum Gasteiger partial charge on any atom is -0.502 e. The van der Waals surface area contributed by atoms with Crippen LogP contribution < -0.4 is 0 Å². The Morgan fingerprint density at radius 3 is 1.53 bits per heavy atom. The third kappa shape index (κ3) is 12.3. The second-order valence-electron chi connectivity index (χ2n) is 2.70. The Labute approximate surface area is 119 Å². The van der Waals surface area contributed by atoms with Gasteiger partial charge in [0.2, 0.25) is 0 Å². The SMILES string of the molecule is O=C(CCN(Cl)Cl)OBOC(=O)CCN(Cl)Cl. The molecular weight excluding hydrogens is 317 g/mol. The fourth-order valence-electron chi connectivity index (χ4n) is 0.657. The molecule has 0 fully saturated rings. The molecule has 0 aromatic carbocycles. The molecule has 0 radical (unpaired) electrons. The van der Waals surface area contributed by atoms with Crippen LogP contribution >= 0.6 is 47.1 Å². The van der Waals surface area contributed by atoms with E-state index in [0.29, 0.717) is 0 Å². The van der Waals surface area contributed by atoms with Crippen molar-refractivity contribution in [3.63, 3.8) is 0 Å². The lowest BCUT2D eigenvalue weighted by molar-refractivity contribution is -0.139. The van der Waals surface area contributed by atoms with Crippen molar-refractivity contribution in [1.29, 1.82) is 0 Å². The molecule has 0 spiro atoms. The van der Waals surface area contributed by atoms with Gasteiger partial charge < -0.3 is 9.31 Å². The van der Waals surface area contributed by atoms with Crippen LogP contribution in [0.2, 0.25) is 0 Å². The molecule has 0 aliphatic carbocycles. The maximum absolute atomic E-state index is 11.0. The van der Waals surface area contributed by atoms with E-state index in [-0.39, 0.29) is 25.9 Å². The normalized spacial score (nSPS) is 10.5. The molecule has 0 unspecified atom stereocenters. The van der Waals surface area contributed by atoms with E-state index in [0.717, 1.165) is 7.88 Å². The van der Waals surface area contributed by atoms with E-state index in [1.165, 1.54) is 0 Å². The Balaban J connectivity index is 3.49. The Kier molecular flexibility index (Phi) is 10.1. The summed E-state index contributed by atoms with van der Waals surface area (Å²) in [5, 5.41) is 0. The van der Waals surface area contributed by atoms with Gasteiger partial charge >= 0.3 is 7.69 Å². The zero-order valence-electron chi connectivity index (χ0n) is 8.57. The van der Waals surface area contributed by atoms with Crippen molar-refractivity contribution in [1.82, 2.24) is 7.88 Å². The van der Waals surface area contributed by atoms with Crippen molar-refractivity contribution >= 4 is 66.7 Å². The first kappa shape index (κ1) is 17.1. The molecule has 0 N–H and O–H groups in total. The van der Waals surface area contributed by atoms with Crippen LogP contribution in [0.25, 0.3) is 0 Å². The molecule has 17 heavy (non-hydrogen) atoms. The van der Waals surface area contributed by atoms with E-state index in [2.05, 4.69) is 9.31 Å². The van der Waals surface area contributed by atoms with Crippen LogP contribution in [0, 0.1) is 0 Å². The molecule has 6 nitrogen and oxygen atoms in total. The maximum Gasteiger partial charge on any atom is 0.580 e. The number of halogens is 4. The number of carbonyl (C=O) groups excluding carboxylic acids is 2. The number of carbonyl (C=O) groups is 2. The van der Waals surface area contributed by atoms with Gasteiger partial charge in [-0.3, -0.25) is 9.59 Å². The molecule has 0 atom stereocenters. The number of hydrogen-bond donors (Lipinski definition) is 0. The highest BCUT2D eigenvalue weighted by Gasteiger charge is 2.10. The standard InChI is InChI=1S/C6H9BCl4N2O4/c8-12(9)3-1-5(14)16-7-17-6(15)2-4-13(10)11/h7H,1-4H2. The zero-order valence-corrected chi connectivity index (χ0v) is 11.6. The summed E-state index contributed by atoms with van der Waals surface area (Å²) in [5.41, 5.74) is 0. The highest BCUT2D eigenvalue weighted by atomic mass is 35.5. The molecule has 0 aromatic rings. The van der Waals surface area contributed by atoms with Crippen molar-refractivity contribution in [2.24, 2.45) is 0 Å². The number of nitrogens with zero attached hydrogens (tertiary/aromatic N) is 2. The first-order valence-corrected chi connectivity index (χ1v) is 5.76. The van der Waals surface area contributed by atoms with E-state index in [1.54, 1.807) is 0 Å². The van der Waals surface area contributed by atoms with E-state index >= 15 is 0 Å². The smallest absolute Gasteiger partial charge is 0.502 e. The molecule has 0 saturated heterocycles. The number of hydrogen-bond acceptors (Lipinski definition) is 6. The molecular formula is C6H9BCl4N2O4. The highest BCUT2D eigenvalue weighted by molar-refractivity contribution is 6.34. The predicted octanol–water partition coefficient (Wildman–Crippen LogP) is 1.34. The van der Waals surface area contributed by atoms with Gasteiger partial charge in [0.1, 0.15) is 0 Å². The van der Waals surface area contributed by atoms with Crippen LogP contribution in [0.1, 0.15) is 12.8 Å². The first-order valence-electron chi connectivity index (χ1n) is 4.41. The summed E-state index contributed by atoms with van der Waals surface area (Å²) < 4.78 is 10.7. The molecule has 98 valence electrons. The lowest BCUT2D eigenvalue weighted by Crippen LogP contribution is -2.19. The van der Waals surface area contributed by atoms with Crippen LogP contribution in [-0.2, 0) is 18.9 Å². The quantitative estimate of drug-likeness (QED) is 0.496. The minimum absolute atomic E-state index is 0.0122. The third-order valence-electron chi connectivity index (χ3n) is 1.41. The maximum atomic E-state index is 11.0. The van der Waals surface area contributed by atoms with Gasteiger partial charge in [-0.2, -0.15) is 0 Å². The van der Waals surface area contributed by atoms with Crippen molar-refractivity contribution in [2.75, 3.05) is 13.1 Å². The minimum atomic E-state index is -0.583. The van der Waals surface area contributed by atoms with E-state index in [4.69, 9.17) is 47.1 Å². The first-order chi connectivity index (χ1) is 7.91. The van der Waals surface area contributed by atoms with Gasteiger partial charge in [-0.15, -0.1) is 7.88 Å². The second-order valence-corrected chi connectivity index (χ2v) is 4.68. The van der Waals surface area contributed by atoms with Crippen LogP contribution in [-0.4, -0.2) is 40.6 Å². The molecule has 0 bridgehead atoms. The summed E-state index contributed by atoms with van der Waals surface area (Å²) in [7, 11) is -0.465. The Hall–Kier alpha value is 0.0849. The molecule has 0 aliphatic heterocycles. The number of rotatable bonds is 8. The van der Waals surface area contributed by atoms with E-state index in [9.17, 15) is 9.59 Å². The topological polar surface area (TPSA) is 59.1 Å². The largest absolute Gasteiger partial charge is 0.580 e. The summed E-state index contributed by atoms with van der Waals surface area (Å²) in [6.45, 7) is 0.229. The summed E-state index contributed by atoms with van der Waals surface area (Å²) in [5.74, 6) is -1.17. The summed E-state index contributed by atoms with van der Waals surface area (Å²) in [4.78, 5) is 22.0. The lowest BCUT2D eigenvalue weighted by atomic mass is 10.3. The van der Waals surface area contributed by atoms with E-state index in [1.807, 2.05) is 0 Å². The molecule has 11 heteroatoms. The molecule has 0 aliphatic rings. The van der Waals surface area contributed by atoms with Crippen LogP contribution in [0.5, 0.6) is 0 Å². The summed E-state index contributed by atoms with van der Waals surface area (Å²) >= 11 is 21.0. The predicted molar refractivity (Wildman–Crippen MR) is 65.4 cm³/mol. The van der Waals surface area contributed by atoms with Crippen molar-refractivity contribution < 1.29 is 18.9 Å². The Morgan fingerprint density at radius 1 is 0.882 bits per heavy atom. The Bertz CT molecular complexity index is 232. The molecule has 0 amide bonds. The van der Waals surface area contributed by atoms with Gasteiger partial charge in [-0.05, 0) is 47.1 Å². The van der Waals surface area contributed by atoms with Gasteiger partial charge in [0.05, 0.1) is 12.8 Å². The summed E-state index contributed by atoms with van der Waals surface area (Å²) in [6, 6.07) is 0. The Morgan fingerprint density at radius 2 is 1.24 bits per heavy atom. The summed E-state index contributed by atoms with van der Waals surface area (Å²) in [6.07, 6.45) is -0.0244. The fourth-order valence-corrected chi connectivity index (χ4v) is 0.995. The van der Waals surface area contributed by atoms with Gasteiger partial charge in [0, 0.05) is 13.1 Å². The van der Waals surface area contributed by atoms with Crippen molar-refractivity contribution in [3.8, 4) is 0 Å². The molecule has 0 rings (SSSR count). The molecule has 0 heterocycles. The van der Waals surface area contributed by atoms with Crippen molar-refractivity contribution in [2.45, 2.75) is 12.8 Å². The van der Waals surface area contributed by atoms with Crippen LogP contribution in [0.3, 0.4) is 0 Å². The van der Waals surface area contributed by atoms with Gasteiger partial charge in [0.25, 0.3) is 11.9 Å². The fraction of sp³-hybridized carbons (Fsp3) is 0.667. The third-order valence-corrected chi connectivity index (χ3v) is 2.09. The van der Waals surface area contributed by atoms with E-state index < -0.39 is 19.6 Å². The van der Waals surface area contributed by atoms with Gasteiger partial charge in [0.15, 0.2) is 0 Å². The second kappa shape index (κ2) is 10.0. The van der Waals surface area contributed by atoms with Crippen molar-refractivity contribution in [3.05, 3.63) is 0 Å². The highest BCUT2D eigenvalue weighted by Crippen LogP contribution is 2.01. The lowest BCUT2D eigenvalue weighted by Gasteiger charge is -2.06. The monoisotopic (exact) mass is 324 g/mol. The van der Waals surface area contributed by atoms with Crippen LogP contribution in [0.15, 0.2) is 0 Å². The average molecular weight is 326 g/mol. The van der Waals surface area contributed by atoms with Crippen LogP contribution in [0.4, 0.5) is 0 Å². The van der Waals surface area contributed by atoms with Gasteiger partial charge in [-0.25, -0.2) is 0 Å². The average Bonchev–Trinajstić information content (AvgIpc) is 2.23. The zero-order chi connectivity index (χ0) is 13.3. The molecule has 0 aromatic heterocycles. The van der Waals surface area contributed by atoms with Gasteiger partial charge in [-0.1, -0.05) is 0 Å².